The van der Waals surface area contributed by atoms with Crippen molar-refractivity contribution in [2.45, 2.75) is 31.5 Å². The summed E-state index contributed by atoms with van der Waals surface area (Å²) >= 11 is 0. The fourth-order valence-corrected chi connectivity index (χ4v) is 3.67. The van der Waals surface area contributed by atoms with Crippen LogP contribution in [0.1, 0.15) is 40.7 Å². The van der Waals surface area contributed by atoms with Gasteiger partial charge in [-0.1, -0.05) is 41.6 Å². The molecule has 0 aliphatic heterocycles. The van der Waals surface area contributed by atoms with E-state index in [0.29, 0.717) is 29.8 Å². The number of alkyl halides is 3. The van der Waals surface area contributed by atoms with Crippen molar-refractivity contribution in [2.24, 2.45) is 0 Å². The number of amides is 1. The van der Waals surface area contributed by atoms with Crippen molar-refractivity contribution in [3.63, 3.8) is 0 Å². The maximum Gasteiger partial charge on any atom is 0.406 e. The van der Waals surface area contributed by atoms with Crippen LogP contribution in [0.4, 0.5) is 13.2 Å². The Morgan fingerprint density at radius 2 is 1.97 bits per heavy atom. The second-order valence-electron chi connectivity index (χ2n) is 6.95. The second kappa shape index (κ2) is 7.69. The lowest BCUT2D eigenvalue weighted by atomic mass is 9.90. The number of hydrogen-bond donors (Lipinski definition) is 0. The Labute approximate surface area is 165 Å². The van der Waals surface area contributed by atoms with Crippen LogP contribution < -0.4 is 0 Å². The third kappa shape index (κ3) is 4.16. The van der Waals surface area contributed by atoms with Crippen LogP contribution >= 0.6 is 0 Å². The summed E-state index contributed by atoms with van der Waals surface area (Å²) in [4.78, 5) is 18.1. The first-order chi connectivity index (χ1) is 13.9. The van der Waals surface area contributed by atoms with Gasteiger partial charge < -0.3 is 9.42 Å². The van der Waals surface area contributed by atoms with Gasteiger partial charge in [-0.3, -0.25) is 9.78 Å². The first-order valence-corrected chi connectivity index (χ1v) is 9.26. The molecule has 0 N–H and O–H groups in total. The highest BCUT2D eigenvalue weighted by atomic mass is 19.4. The van der Waals surface area contributed by atoms with E-state index < -0.39 is 24.7 Å². The van der Waals surface area contributed by atoms with Gasteiger partial charge in [-0.25, -0.2) is 0 Å². The Bertz CT molecular complexity index is 1000. The Balaban J connectivity index is 1.68. The van der Waals surface area contributed by atoms with Gasteiger partial charge in [-0.15, -0.1) is 0 Å². The Morgan fingerprint density at radius 3 is 2.72 bits per heavy atom. The van der Waals surface area contributed by atoms with Gasteiger partial charge in [0.1, 0.15) is 12.2 Å². The lowest BCUT2D eigenvalue weighted by Gasteiger charge is -2.34. The minimum atomic E-state index is -4.55. The fraction of sp³-hybridized carbons (Fsp3) is 0.286. The SMILES string of the molecule is O=C(c1cc(-c2ccccc2)no1)N(CC(F)(F)F)C1CCCc2cccnc21. The van der Waals surface area contributed by atoms with Crippen molar-refractivity contribution >= 4 is 5.91 Å². The molecule has 2 aromatic heterocycles. The lowest BCUT2D eigenvalue weighted by molar-refractivity contribution is -0.145. The molecule has 2 heterocycles. The van der Waals surface area contributed by atoms with E-state index in [9.17, 15) is 18.0 Å². The molecule has 1 aliphatic rings. The number of nitrogens with zero attached hydrogens (tertiary/aromatic N) is 3. The molecule has 5 nitrogen and oxygen atoms in total. The predicted molar refractivity (Wildman–Crippen MR) is 98.9 cm³/mol. The Morgan fingerprint density at radius 1 is 1.17 bits per heavy atom. The van der Waals surface area contributed by atoms with Gasteiger partial charge >= 0.3 is 6.18 Å². The maximum absolute atomic E-state index is 13.3. The zero-order valence-electron chi connectivity index (χ0n) is 15.4. The molecule has 8 heteroatoms. The predicted octanol–water partition coefficient (Wildman–Crippen LogP) is 4.82. The van der Waals surface area contributed by atoms with E-state index >= 15 is 0 Å². The molecule has 0 spiro atoms. The third-order valence-corrected chi connectivity index (χ3v) is 4.94. The van der Waals surface area contributed by atoms with Gasteiger partial charge in [0.2, 0.25) is 5.76 Å². The van der Waals surface area contributed by atoms with Crippen molar-refractivity contribution in [1.82, 2.24) is 15.0 Å². The number of pyridine rings is 1. The van der Waals surface area contributed by atoms with Gasteiger partial charge in [0.05, 0.1) is 11.7 Å². The fourth-order valence-electron chi connectivity index (χ4n) is 3.67. The molecule has 1 aliphatic carbocycles. The number of aryl methyl sites for hydroxylation is 1. The number of carbonyl (C=O) groups is 1. The van der Waals surface area contributed by atoms with E-state index in [4.69, 9.17) is 4.52 Å². The zero-order chi connectivity index (χ0) is 20.4. The van der Waals surface area contributed by atoms with Crippen molar-refractivity contribution in [3.8, 4) is 11.3 Å². The smallest absolute Gasteiger partial charge is 0.350 e. The molecule has 0 saturated heterocycles. The van der Waals surface area contributed by atoms with E-state index in [1.165, 1.54) is 12.3 Å². The standard InChI is InChI=1S/C21H18F3N3O2/c22-21(23,24)13-27(17-10-4-8-15-9-5-11-25-19(15)17)20(28)18-12-16(26-29-18)14-6-2-1-3-7-14/h1-3,5-7,9,11-12,17H,4,8,10,13H2. The topological polar surface area (TPSA) is 59.2 Å². The van der Waals surface area contributed by atoms with Gasteiger partial charge in [-0.05, 0) is 30.9 Å². The van der Waals surface area contributed by atoms with Crippen molar-refractivity contribution < 1.29 is 22.5 Å². The molecule has 4 rings (SSSR count). The van der Waals surface area contributed by atoms with Crippen LogP contribution in [-0.2, 0) is 6.42 Å². The summed E-state index contributed by atoms with van der Waals surface area (Å²) in [5, 5.41) is 3.86. The Hall–Kier alpha value is -3.16. The number of aromatic nitrogens is 2. The van der Waals surface area contributed by atoms with Crippen molar-refractivity contribution in [3.05, 3.63) is 71.7 Å². The van der Waals surface area contributed by atoms with Crippen LogP contribution in [0, 0.1) is 0 Å². The molecule has 150 valence electrons. The van der Waals surface area contributed by atoms with Crippen LogP contribution in [0.3, 0.4) is 0 Å². The third-order valence-electron chi connectivity index (χ3n) is 4.94. The average Bonchev–Trinajstić information content (AvgIpc) is 3.21. The summed E-state index contributed by atoms with van der Waals surface area (Å²) in [5.74, 6) is -1.07. The van der Waals surface area contributed by atoms with Gasteiger partial charge in [-0.2, -0.15) is 13.2 Å². The monoisotopic (exact) mass is 401 g/mol. The summed E-state index contributed by atoms with van der Waals surface area (Å²) in [7, 11) is 0. The quantitative estimate of drug-likeness (QED) is 0.629. The molecule has 29 heavy (non-hydrogen) atoms. The van der Waals surface area contributed by atoms with E-state index in [-0.39, 0.29) is 5.76 Å². The highest BCUT2D eigenvalue weighted by Gasteiger charge is 2.40. The molecule has 1 aromatic carbocycles. The molecule has 0 radical (unpaired) electrons. The number of carbonyl (C=O) groups excluding carboxylic acids is 1. The van der Waals surface area contributed by atoms with E-state index in [1.54, 1.807) is 30.3 Å². The summed E-state index contributed by atoms with van der Waals surface area (Å²) < 4.78 is 45.1. The summed E-state index contributed by atoms with van der Waals surface area (Å²) in [5.41, 5.74) is 2.48. The molecule has 3 aromatic rings. The van der Waals surface area contributed by atoms with Crippen LogP contribution in [0.2, 0.25) is 0 Å². The van der Waals surface area contributed by atoms with Crippen LogP contribution in [0.25, 0.3) is 11.3 Å². The number of rotatable bonds is 4. The first-order valence-electron chi connectivity index (χ1n) is 9.26. The first kappa shape index (κ1) is 19.2. The minimum absolute atomic E-state index is 0.226. The van der Waals surface area contributed by atoms with E-state index in [0.717, 1.165) is 16.9 Å². The number of benzene rings is 1. The number of fused-ring (bicyclic) bond motifs is 1. The van der Waals surface area contributed by atoms with Crippen molar-refractivity contribution in [2.75, 3.05) is 6.54 Å². The van der Waals surface area contributed by atoms with E-state index in [2.05, 4.69) is 10.1 Å². The molecular formula is C21H18F3N3O2. The summed E-state index contributed by atoms with van der Waals surface area (Å²) in [6.45, 7) is -1.38. The lowest BCUT2D eigenvalue weighted by Crippen LogP contribution is -2.42. The molecule has 1 amide bonds. The summed E-state index contributed by atoms with van der Waals surface area (Å²) in [6.07, 6.45) is -1.20. The highest BCUT2D eigenvalue weighted by Crippen LogP contribution is 2.36. The zero-order valence-corrected chi connectivity index (χ0v) is 15.4. The second-order valence-corrected chi connectivity index (χ2v) is 6.95. The molecule has 0 bridgehead atoms. The number of hydrogen-bond acceptors (Lipinski definition) is 4. The van der Waals surface area contributed by atoms with Gasteiger partial charge in [0.15, 0.2) is 0 Å². The molecular weight excluding hydrogens is 383 g/mol. The van der Waals surface area contributed by atoms with Crippen molar-refractivity contribution in [1.29, 1.82) is 0 Å². The van der Waals surface area contributed by atoms with Crippen LogP contribution in [0.5, 0.6) is 0 Å². The van der Waals surface area contributed by atoms with Gasteiger partial charge in [0, 0.05) is 17.8 Å². The highest BCUT2D eigenvalue weighted by molar-refractivity contribution is 5.92. The molecule has 1 unspecified atom stereocenters. The largest absolute Gasteiger partial charge is 0.406 e. The Kier molecular flexibility index (Phi) is 5.08. The van der Waals surface area contributed by atoms with Crippen LogP contribution in [0.15, 0.2) is 59.3 Å². The summed E-state index contributed by atoms with van der Waals surface area (Å²) in [6, 6.07) is 13.2. The number of halogens is 3. The average molecular weight is 401 g/mol. The minimum Gasteiger partial charge on any atom is -0.350 e. The molecule has 0 fully saturated rings. The maximum atomic E-state index is 13.3. The van der Waals surface area contributed by atoms with Gasteiger partial charge in [0.25, 0.3) is 5.91 Å². The van der Waals surface area contributed by atoms with Crippen LogP contribution in [-0.4, -0.2) is 33.7 Å². The normalized spacial score (nSPS) is 16.3. The molecule has 0 saturated carbocycles. The van der Waals surface area contributed by atoms with E-state index in [1.807, 2.05) is 12.1 Å². The molecule has 1 atom stereocenters.